The molecule has 208 valence electrons. The summed E-state index contributed by atoms with van der Waals surface area (Å²) in [7, 11) is 1.50. The zero-order valence-corrected chi connectivity index (χ0v) is 23.1. The zero-order valence-electron chi connectivity index (χ0n) is 23.1. The van der Waals surface area contributed by atoms with E-state index in [9.17, 15) is 14.7 Å². The molecule has 0 bridgehead atoms. The molecule has 0 saturated heterocycles. The van der Waals surface area contributed by atoms with Crippen LogP contribution in [0, 0.1) is 0 Å². The average Bonchev–Trinajstić information content (AvgIpc) is 3.36. The van der Waals surface area contributed by atoms with Gasteiger partial charge in [-0.1, -0.05) is 24.3 Å². The molecule has 0 saturated carbocycles. The highest BCUT2D eigenvalue weighted by molar-refractivity contribution is 6.00. The highest BCUT2D eigenvalue weighted by Crippen LogP contribution is 2.34. The molecule has 3 aromatic carbocycles. The van der Waals surface area contributed by atoms with Crippen LogP contribution < -0.4 is 15.8 Å². The third kappa shape index (κ3) is 5.83. The molecule has 8 heteroatoms. The van der Waals surface area contributed by atoms with Gasteiger partial charge in [0.25, 0.3) is 5.91 Å². The summed E-state index contributed by atoms with van der Waals surface area (Å²) in [6.45, 7) is 3.64. The monoisotopic (exact) mass is 548 g/mol. The van der Waals surface area contributed by atoms with Gasteiger partial charge in [0.1, 0.15) is 5.75 Å². The summed E-state index contributed by atoms with van der Waals surface area (Å²) < 4.78 is 7.49. The van der Waals surface area contributed by atoms with Gasteiger partial charge in [-0.15, -0.1) is 0 Å². The van der Waals surface area contributed by atoms with Crippen molar-refractivity contribution in [3.05, 3.63) is 119 Å². The number of nitrogens with zero attached hydrogens (tertiary/aromatic N) is 2. The van der Waals surface area contributed by atoms with E-state index in [4.69, 9.17) is 10.5 Å². The molecule has 0 unspecified atom stereocenters. The van der Waals surface area contributed by atoms with Gasteiger partial charge in [-0.05, 0) is 83.3 Å². The molecular weight excluding hydrogens is 516 g/mol. The minimum atomic E-state index is -1.08. The van der Waals surface area contributed by atoms with Gasteiger partial charge in [-0.25, -0.2) is 4.79 Å². The maximum Gasteiger partial charge on any atom is 0.336 e. The Morgan fingerprint density at radius 1 is 1.00 bits per heavy atom. The Labute approximate surface area is 238 Å². The van der Waals surface area contributed by atoms with E-state index < -0.39 is 5.97 Å². The number of hydrogen-bond donors (Lipinski definition) is 3. The van der Waals surface area contributed by atoms with Gasteiger partial charge in [-0.3, -0.25) is 9.78 Å². The minimum Gasteiger partial charge on any atom is -0.497 e. The number of aromatic carboxylic acids is 1. The summed E-state index contributed by atoms with van der Waals surface area (Å²) in [6.07, 6.45) is 4.36. The van der Waals surface area contributed by atoms with Crippen molar-refractivity contribution in [2.24, 2.45) is 5.73 Å². The number of carboxylic acids is 1. The first-order valence-corrected chi connectivity index (χ1v) is 13.4. The number of ether oxygens (including phenoxy) is 1. The predicted molar refractivity (Wildman–Crippen MR) is 159 cm³/mol. The smallest absolute Gasteiger partial charge is 0.336 e. The number of aromatic nitrogens is 2. The summed E-state index contributed by atoms with van der Waals surface area (Å²) in [5, 5.41) is 14.1. The Balaban J connectivity index is 1.59. The van der Waals surface area contributed by atoms with E-state index in [0.29, 0.717) is 35.4 Å². The molecule has 2 aromatic heterocycles. The maximum atomic E-state index is 13.2. The first kappa shape index (κ1) is 27.6. The number of hydrogen-bond acceptors (Lipinski definition) is 5. The summed E-state index contributed by atoms with van der Waals surface area (Å²) in [5.41, 5.74) is 12.5. The summed E-state index contributed by atoms with van der Waals surface area (Å²) >= 11 is 0. The van der Waals surface area contributed by atoms with E-state index >= 15 is 0 Å². The van der Waals surface area contributed by atoms with Crippen molar-refractivity contribution in [2.45, 2.75) is 33.0 Å². The number of benzene rings is 3. The number of carbonyl (C=O) groups is 2. The van der Waals surface area contributed by atoms with Crippen LogP contribution in [0.5, 0.6) is 5.75 Å². The molecule has 41 heavy (non-hydrogen) atoms. The summed E-state index contributed by atoms with van der Waals surface area (Å²) in [4.78, 5) is 29.8. The van der Waals surface area contributed by atoms with Crippen LogP contribution in [0.1, 0.15) is 50.0 Å². The van der Waals surface area contributed by atoms with Crippen molar-refractivity contribution in [3.63, 3.8) is 0 Å². The second kappa shape index (κ2) is 12.1. The van der Waals surface area contributed by atoms with Crippen LogP contribution in [0.2, 0.25) is 0 Å². The highest BCUT2D eigenvalue weighted by atomic mass is 16.5. The molecule has 0 spiro atoms. The molecule has 0 radical (unpaired) electrons. The lowest BCUT2D eigenvalue weighted by molar-refractivity contribution is 0.0697. The Hall–Kier alpha value is -4.95. The molecule has 5 aromatic rings. The number of amides is 1. The van der Waals surface area contributed by atoms with Gasteiger partial charge in [0.15, 0.2) is 0 Å². The molecule has 0 aliphatic heterocycles. The van der Waals surface area contributed by atoms with Crippen molar-refractivity contribution in [2.75, 3.05) is 7.11 Å². The normalized spacial score (nSPS) is 11.0. The van der Waals surface area contributed by atoms with Gasteiger partial charge in [0.05, 0.1) is 24.9 Å². The number of carboxylic acid groups (broad SMARTS) is 1. The number of methoxy groups -OCH3 is 1. The maximum absolute atomic E-state index is 13.2. The fourth-order valence-corrected chi connectivity index (χ4v) is 5.11. The van der Waals surface area contributed by atoms with Gasteiger partial charge in [0.2, 0.25) is 0 Å². The topological polar surface area (TPSA) is 119 Å². The van der Waals surface area contributed by atoms with E-state index in [2.05, 4.69) is 40.1 Å². The molecule has 0 aliphatic rings. The van der Waals surface area contributed by atoms with Crippen molar-refractivity contribution >= 4 is 22.8 Å². The van der Waals surface area contributed by atoms with Gasteiger partial charge in [-0.2, -0.15) is 0 Å². The number of fused-ring (bicyclic) bond motifs is 1. The Bertz CT molecular complexity index is 1730. The fraction of sp³-hybridized carbons (Fsp3) is 0.182. The van der Waals surface area contributed by atoms with Crippen LogP contribution in [0.25, 0.3) is 22.0 Å². The van der Waals surface area contributed by atoms with Crippen LogP contribution in [0.15, 0.2) is 85.2 Å². The summed E-state index contributed by atoms with van der Waals surface area (Å²) in [6, 6.07) is 22.2. The molecule has 5 rings (SSSR count). The number of nitrogens with one attached hydrogen (secondary N) is 1. The molecule has 0 atom stereocenters. The van der Waals surface area contributed by atoms with Crippen LogP contribution in [0.3, 0.4) is 0 Å². The lowest BCUT2D eigenvalue weighted by Crippen LogP contribution is -2.23. The van der Waals surface area contributed by atoms with Crippen molar-refractivity contribution in [1.82, 2.24) is 14.9 Å². The van der Waals surface area contributed by atoms with Crippen LogP contribution >= 0.6 is 0 Å². The van der Waals surface area contributed by atoms with Crippen molar-refractivity contribution in [1.29, 1.82) is 0 Å². The van der Waals surface area contributed by atoms with Gasteiger partial charge >= 0.3 is 5.97 Å². The van der Waals surface area contributed by atoms with Crippen molar-refractivity contribution < 1.29 is 19.4 Å². The van der Waals surface area contributed by atoms with Crippen molar-refractivity contribution in [3.8, 4) is 16.9 Å². The molecular formula is C33H32N4O4. The quantitative estimate of drug-likeness (QED) is 0.215. The average molecular weight is 549 g/mol. The molecule has 4 N–H and O–H groups in total. The fourth-order valence-electron chi connectivity index (χ4n) is 5.11. The predicted octanol–water partition coefficient (Wildman–Crippen LogP) is 5.41. The largest absolute Gasteiger partial charge is 0.497 e. The first-order chi connectivity index (χ1) is 19.9. The molecule has 2 heterocycles. The number of nitrogens with two attached hydrogens (primary N) is 1. The number of aryl methyl sites for hydroxylation is 1. The SMILES string of the molecule is CCn1cc(Cc2ccc(C(=O)NCc3ccccn3)cc2-c2ccc(OC)cc2C(=O)O)c2ccc(CN)cc21. The second-order valence-electron chi connectivity index (χ2n) is 9.77. The van der Waals surface area contributed by atoms with Gasteiger partial charge < -0.3 is 25.5 Å². The standard InChI is InChI=1S/C33H32N4O4/c1-3-37-20-24(27-11-7-21(18-34)14-31(27)37)15-22-8-9-23(32(38)36-19-25-6-4-5-13-35-25)16-29(22)28-12-10-26(41-2)17-30(28)33(39)40/h4-14,16-17,20H,3,15,18-19,34H2,1-2H3,(H,36,38)(H,39,40). The first-order valence-electron chi connectivity index (χ1n) is 13.4. The lowest BCUT2D eigenvalue weighted by Gasteiger charge is -2.15. The molecule has 0 fully saturated rings. The van der Waals surface area contributed by atoms with E-state index in [1.807, 2.05) is 30.3 Å². The Morgan fingerprint density at radius 2 is 1.85 bits per heavy atom. The molecule has 1 amide bonds. The number of pyridine rings is 1. The third-order valence-electron chi connectivity index (χ3n) is 7.26. The third-order valence-corrected chi connectivity index (χ3v) is 7.26. The Kier molecular flexibility index (Phi) is 8.12. The second-order valence-corrected chi connectivity index (χ2v) is 9.77. The minimum absolute atomic E-state index is 0.0974. The number of carbonyl (C=O) groups excluding carboxylic acids is 1. The molecule has 8 nitrogen and oxygen atoms in total. The highest BCUT2D eigenvalue weighted by Gasteiger charge is 2.20. The van der Waals surface area contributed by atoms with E-state index in [1.165, 1.54) is 13.2 Å². The van der Waals surface area contributed by atoms with Crippen LogP contribution in [0.4, 0.5) is 0 Å². The number of rotatable bonds is 10. The van der Waals surface area contributed by atoms with E-state index in [0.717, 1.165) is 39.8 Å². The summed E-state index contributed by atoms with van der Waals surface area (Å²) in [5.74, 6) is -0.906. The van der Waals surface area contributed by atoms with E-state index in [-0.39, 0.29) is 18.0 Å². The Morgan fingerprint density at radius 3 is 2.56 bits per heavy atom. The van der Waals surface area contributed by atoms with Crippen LogP contribution in [-0.2, 0) is 26.1 Å². The zero-order chi connectivity index (χ0) is 28.9. The lowest BCUT2D eigenvalue weighted by atomic mass is 9.90. The van der Waals surface area contributed by atoms with E-state index in [1.54, 1.807) is 30.5 Å². The van der Waals surface area contributed by atoms with Crippen LogP contribution in [-0.4, -0.2) is 33.6 Å². The molecule has 0 aliphatic carbocycles. The van der Waals surface area contributed by atoms with Gasteiger partial charge in [0, 0.05) is 48.4 Å².